The van der Waals surface area contributed by atoms with E-state index in [1.165, 1.54) is 0 Å². The van der Waals surface area contributed by atoms with Crippen LogP contribution in [0.25, 0.3) is 0 Å². The van der Waals surface area contributed by atoms with Gasteiger partial charge in [0.1, 0.15) is 18.5 Å². The quantitative estimate of drug-likeness (QED) is 0.626. The largest absolute Gasteiger partial charge is 0.491 e. The first-order valence-corrected chi connectivity index (χ1v) is 6.54. The standard InChI is InChI=1S/C13H20ClNO4.ClH/c14-11-1-3-13(4-2-11)19-10-12(18)9-15(5-7-16)6-8-17;/h1-4,12,16-18H,5-10H2;1H. The van der Waals surface area contributed by atoms with Crippen molar-refractivity contribution in [2.75, 3.05) is 39.5 Å². The monoisotopic (exact) mass is 325 g/mol. The van der Waals surface area contributed by atoms with Crippen LogP contribution in [0.15, 0.2) is 24.3 Å². The second-order valence-electron chi connectivity index (χ2n) is 4.17. The van der Waals surface area contributed by atoms with Crippen molar-refractivity contribution in [3.63, 3.8) is 0 Å². The molecule has 7 heteroatoms. The summed E-state index contributed by atoms with van der Waals surface area (Å²) in [6, 6.07) is 6.89. The van der Waals surface area contributed by atoms with Gasteiger partial charge in [0.15, 0.2) is 0 Å². The van der Waals surface area contributed by atoms with E-state index in [9.17, 15) is 5.11 Å². The van der Waals surface area contributed by atoms with E-state index in [2.05, 4.69) is 0 Å². The van der Waals surface area contributed by atoms with E-state index < -0.39 is 6.10 Å². The van der Waals surface area contributed by atoms with Gasteiger partial charge in [-0.05, 0) is 24.3 Å². The summed E-state index contributed by atoms with van der Waals surface area (Å²) in [4.78, 5) is 1.77. The molecule has 20 heavy (non-hydrogen) atoms. The Morgan fingerprint density at radius 3 is 2.15 bits per heavy atom. The van der Waals surface area contributed by atoms with Gasteiger partial charge in [0.2, 0.25) is 0 Å². The van der Waals surface area contributed by atoms with Crippen molar-refractivity contribution in [1.82, 2.24) is 4.90 Å². The van der Waals surface area contributed by atoms with Gasteiger partial charge in [0.05, 0.1) is 13.2 Å². The average molecular weight is 326 g/mol. The van der Waals surface area contributed by atoms with Gasteiger partial charge in [-0.3, -0.25) is 4.90 Å². The topological polar surface area (TPSA) is 73.2 Å². The van der Waals surface area contributed by atoms with Crippen molar-refractivity contribution in [3.05, 3.63) is 29.3 Å². The van der Waals surface area contributed by atoms with Crippen molar-refractivity contribution in [2.45, 2.75) is 6.10 Å². The second-order valence-corrected chi connectivity index (χ2v) is 4.60. The normalized spacial score (nSPS) is 12.1. The zero-order valence-electron chi connectivity index (χ0n) is 11.1. The number of halogens is 2. The molecule has 0 aliphatic carbocycles. The van der Waals surface area contributed by atoms with E-state index in [1.54, 1.807) is 29.2 Å². The van der Waals surface area contributed by atoms with Crippen molar-refractivity contribution in [2.24, 2.45) is 0 Å². The van der Waals surface area contributed by atoms with E-state index >= 15 is 0 Å². The van der Waals surface area contributed by atoms with Gasteiger partial charge >= 0.3 is 0 Å². The molecule has 1 rings (SSSR count). The third-order valence-electron chi connectivity index (χ3n) is 2.56. The Morgan fingerprint density at radius 2 is 1.65 bits per heavy atom. The number of aliphatic hydroxyl groups is 3. The minimum Gasteiger partial charge on any atom is -0.491 e. The molecule has 1 aromatic rings. The summed E-state index contributed by atoms with van der Waals surface area (Å²) in [6.07, 6.45) is -0.686. The molecule has 116 valence electrons. The molecular weight excluding hydrogens is 305 g/mol. The molecular formula is C13H21Cl2NO4. The van der Waals surface area contributed by atoms with Crippen LogP contribution in [0.5, 0.6) is 5.75 Å². The van der Waals surface area contributed by atoms with Crippen molar-refractivity contribution < 1.29 is 20.1 Å². The lowest BCUT2D eigenvalue weighted by atomic mass is 10.3. The molecule has 1 unspecified atom stereocenters. The summed E-state index contributed by atoms with van der Waals surface area (Å²) in [6.45, 7) is 1.30. The Kier molecular flexibility index (Phi) is 10.8. The van der Waals surface area contributed by atoms with Crippen molar-refractivity contribution in [1.29, 1.82) is 0 Å². The molecule has 0 spiro atoms. The molecule has 0 bridgehead atoms. The lowest BCUT2D eigenvalue weighted by Crippen LogP contribution is -2.38. The maximum Gasteiger partial charge on any atom is 0.119 e. The van der Waals surface area contributed by atoms with Crippen LogP contribution in [0.2, 0.25) is 5.02 Å². The Bertz CT molecular complexity index is 345. The van der Waals surface area contributed by atoms with Gasteiger partial charge in [-0.1, -0.05) is 11.6 Å². The molecule has 0 aliphatic heterocycles. The van der Waals surface area contributed by atoms with Crippen LogP contribution in [0.4, 0.5) is 0 Å². The molecule has 0 aliphatic rings. The molecule has 0 heterocycles. The predicted molar refractivity (Wildman–Crippen MR) is 80.8 cm³/mol. The summed E-state index contributed by atoms with van der Waals surface area (Å²) in [5, 5.41) is 28.2. The van der Waals surface area contributed by atoms with Gasteiger partial charge in [-0.2, -0.15) is 0 Å². The molecule has 1 aromatic carbocycles. The number of hydrogen-bond donors (Lipinski definition) is 3. The average Bonchev–Trinajstić information content (AvgIpc) is 2.39. The van der Waals surface area contributed by atoms with Crippen LogP contribution in [0.1, 0.15) is 0 Å². The molecule has 0 amide bonds. The van der Waals surface area contributed by atoms with Crippen LogP contribution < -0.4 is 4.74 Å². The zero-order chi connectivity index (χ0) is 14.1. The van der Waals surface area contributed by atoms with Gasteiger partial charge in [0, 0.05) is 24.7 Å². The molecule has 3 N–H and O–H groups in total. The third kappa shape index (κ3) is 7.89. The number of aliphatic hydroxyl groups excluding tert-OH is 3. The van der Waals surface area contributed by atoms with E-state index in [1.807, 2.05) is 0 Å². The highest BCUT2D eigenvalue weighted by Gasteiger charge is 2.11. The fourth-order valence-corrected chi connectivity index (χ4v) is 1.78. The molecule has 0 aromatic heterocycles. The van der Waals surface area contributed by atoms with Crippen LogP contribution >= 0.6 is 24.0 Å². The molecule has 0 saturated heterocycles. The third-order valence-corrected chi connectivity index (χ3v) is 2.81. The summed E-state index contributed by atoms with van der Waals surface area (Å²) in [7, 11) is 0. The zero-order valence-corrected chi connectivity index (χ0v) is 12.7. The number of hydrogen-bond acceptors (Lipinski definition) is 5. The van der Waals surface area contributed by atoms with Crippen molar-refractivity contribution >= 4 is 24.0 Å². The number of nitrogens with zero attached hydrogens (tertiary/aromatic N) is 1. The van der Waals surface area contributed by atoms with Crippen LogP contribution in [-0.2, 0) is 0 Å². The lowest BCUT2D eigenvalue weighted by molar-refractivity contribution is 0.0552. The van der Waals surface area contributed by atoms with Crippen LogP contribution in [-0.4, -0.2) is 65.8 Å². The second kappa shape index (κ2) is 11.1. The summed E-state index contributed by atoms with van der Waals surface area (Å²) in [5.41, 5.74) is 0. The molecule has 5 nitrogen and oxygen atoms in total. The summed E-state index contributed by atoms with van der Waals surface area (Å²) >= 11 is 5.75. The number of benzene rings is 1. The SMILES string of the molecule is Cl.OCCN(CCO)CC(O)COc1ccc(Cl)cc1. The molecule has 0 saturated carbocycles. The van der Waals surface area contributed by atoms with E-state index in [0.717, 1.165) is 0 Å². The van der Waals surface area contributed by atoms with E-state index in [0.29, 0.717) is 30.4 Å². The Labute approximate surface area is 130 Å². The van der Waals surface area contributed by atoms with Crippen molar-refractivity contribution in [3.8, 4) is 5.75 Å². The van der Waals surface area contributed by atoms with Gasteiger partial charge in [0.25, 0.3) is 0 Å². The smallest absolute Gasteiger partial charge is 0.119 e. The Hall–Kier alpha value is -0.560. The summed E-state index contributed by atoms with van der Waals surface area (Å²) in [5.74, 6) is 0.638. The molecule has 1 atom stereocenters. The lowest BCUT2D eigenvalue weighted by Gasteiger charge is -2.23. The fourth-order valence-electron chi connectivity index (χ4n) is 1.65. The highest BCUT2D eigenvalue weighted by atomic mass is 35.5. The number of rotatable bonds is 9. The van der Waals surface area contributed by atoms with Crippen LogP contribution in [0, 0.1) is 0 Å². The fraction of sp³-hybridized carbons (Fsp3) is 0.538. The Morgan fingerprint density at radius 1 is 1.10 bits per heavy atom. The first-order valence-electron chi connectivity index (χ1n) is 6.16. The van der Waals surface area contributed by atoms with E-state index in [4.69, 9.17) is 26.6 Å². The Balaban J connectivity index is 0.00000361. The maximum absolute atomic E-state index is 9.83. The maximum atomic E-state index is 9.83. The number of ether oxygens (including phenoxy) is 1. The predicted octanol–water partition coefficient (Wildman–Crippen LogP) is 0.788. The first kappa shape index (κ1) is 19.4. The highest BCUT2D eigenvalue weighted by molar-refractivity contribution is 6.30. The van der Waals surface area contributed by atoms with Gasteiger partial charge in [-0.15, -0.1) is 12.4 Å². The van der Waals surface area contributed by atoms with Crippen LogP contribution in [0.3, 0.4) is 0 Å². The van der Waals surface area contributed by atoms with E-state index in [-0.39, 0.29) is 32.2 Å². The first-order chi connectivity index (χ1) is 9.15. The molecule has 0 fully saturated rings. The summed E-state index contributed by atoms with van der Waals surface area (Å²) < 4.78 is 5.42. The van der Waals surface area contributed by atoms with Gasteiger partial charge < -0.3 is 20.1 Å². The molecule has 0 radical (unpaired) electrons. The highest BCUT2D eigenvalue weighted by Crippen LogP contribution is 2.15. The van der Waals surface area contributed by atoms with Gasteiger partial charge in [-0.25, -0.2) is 0 Å². The minimum absolute atomic E-state index is 0. The minimum atomic E-state index is -0.686.